The van der Waals surface area contributed by atoms with E-state index < -0.39 is 22.8 Å². The zero-order valence-electron chi connectivity index (χ0n) is 13.2. The molecule has 0 aliphatic carbocycles. The molecule has 0 fully saturated rings. The Hall–Kier alpha value is -2.94. The minimum atomic E-state index is -1.07. The lowest BCUT2D eigenvalue weighted by Gasteiger charge is -2.17. The number of hydrogen-bond donors (Lipinski definition) is 2. The third kappa shape index (κ3) is 5.01. The van der Waals surface area contributed by atoms with Crippen LogP contribution in [0.1, 0.15) is 23.9 Å². The Kier molecular flexibility index (Phi) is 5.71. The average Bonchev–Trinajstić information content (AvgIpc) is 2.88. The number of carbonyl (C=O) groups excluding carboxylic acids is 1. The van der Waals surface area contributed by atoms with Crippen LogP contribution in [-0.2, 0) is 16.1 Å². The second-order valence-corrected chi connectivity index (χ2v) is 5.74. The molecule has 0 spiro atoms. The van der Waals surface area contributed by atoms with Crippen molar-refractivity contribution in [2.24, 2.45) is 0 Å². The molecule has 1 aromatic heterocycles. The van der Waals surface area contributed by atoms with E-state index in [1.807, 2.05) is 0 Å². The Balaban J connectivity index is 2.12. The predicted molar refractivity (Wildman–Crippen MR) is 88.2 cm³/mol. The fraction of sp³-hybridized carbons (Fsp3) is 0.267. The molecular formula is C15H15ClN4O5. The molecule has 1 aromatic carbocycles. The van der Waals surface area contributed by atoms with E-state index in [0.717, 1.165) is 6.20 Å². The highest BCUT2D eigenvalue weighted by atomic mass is 35.5. The first-order valence-electron chi connectivity index (χ1n) is 7.21. The van der Waals surface area contributed by atoms with Crippen molar-refractivity contribution in [3.05, 3.63) is 57.0 Å². The van der Waals surface area contributed by atoms with Crippen LogP contribution < -0.4 is 5.32 Å². The van der Waals surface area contributed by atoms with Gasteiger partial charge in [0.15, 0.2) is 0 Å². The Labute approximate surface area is 147 Å². The lowest BCUT2D eigenvalue weighted by molar-refractivity contribution is -0.389. The molecule has 0 saturated carbocycles. The van der Waals surface area contributed by atoms with E-state index in [1.165, 1.54) is 11.5 Å². The monoisotopic (exact) mass is 366 g/mol. The first-order chi connectivity index (χ1) is 11.8. The normalized spacial score (nSPS) is 11.8. The van der Waals surface area contributed by atoms with Gasteiger partial charge in [0.1, 0.15) is 12.7 Å². The molecule has 1 atom stereocenters. The van der Waals surface area contributed by atoms with E-state index in [-0.39, 0.29) is 18.8 Å². The van der Waals surface area contributed by atoms with Gasteiger partial charge in [-0.15, -0.1) is 0 Å². The van der Waals surface area contributed by atoms with Crippen LogP contribution in [0.5, 0.6) is 0 Å². The number of halogens is 1. The number of nitro groups is 1. The SMILES string of the molecule is Cc1nc([N+](=O)[O-])cn1CC(=O)N[C@@H](CC(=O)O)c1ccc(Cl)cc1. The van der Waals surface area contributed by atoms with E-state index in [9.17, 15) is 19.7 Å². The maximum atomic E-state index is 12.2. The summed E-state index contributed by atoms with van der Waals surface area (Å²) in [5, 5.41) is 22.9. The summed E-state index contributed by atoms with van der Waals surface area (Å²) in [4.78, 5) is 37.1. The van der Waals surface area contributed by atoms with Crippen molar-refractivity contribution in [1.29, 1.82) is 0 Å². The molecule has 0 aliphatic rings. The Bertz CT molecular complexity index is 803. The van der Waals surface area contributed by atoms with Crippen LogP contribution in [-0.4, -0.2) is 31.5 Å². The van der Waals surface area contributed by atoms with Gasteiger partial charge < -0.3 is 20.5 Å². The number of nitrogens with one attached hydrogen (secondary N) is 1. The van der Waals surface area contributed by atoms with Crippen LogP contribution in [0.15, 0.2) is 30.5 Å². The Morgan fingerprint density at radius 2 is 2.04 bits per heavy atom. The highest BCUT2D eigenvalue weighted by Crippen LogP contribution is 2.20. The van der Waals surface area contributed by atoms with Gasteiger partial charge >= 0.3 is 11.8 Å². The summed E-state index contributed by atoms with van der Waals surface area (Å²) in [6.45, 7) is 1.32. The van der Waals surface area contributed by atoms with Crippen molar-refractivity contribution in [2.75, 3.05) is 0 Å². The molecule has 1 amide bonds. The van der Waals surface area contributed by atoms with Gasteiger partial charge in [0, 0.05) is 11.9 Å². The van der Waals surface area contributed by atoms with E-state index in [0.29, 0.717) is 16.4 Å². The van der Waals surface area contributed by atoms with E-state index in [1.54, 1.807) is 24.3 Å². The van der Waals surface area contributed by atoms with Crippen molar-refractivity contribution in [3.63, 3.8) is 0 Å². The molecule has 0 aliphatic heterocycles. The summed E-state index contributed by atoms with van der Waals surface area (Å²) < 4.78 is 1.33. The van der Waals surface area contributed by atoms with Crippen molar-refractivity contribution in [1.82, 2.24) is 14.9 Å². The quantitative estimate of drug-likeness (QED) is 0.570. The number of nitrogens with zero attached hydrogens (tertiary/aromatic N) is 3. The summed E-state index contributed by atoms with van der Waals surface area (Å²) in [6.07, 6.45) is 0.847. The number of rotatable bonds is 7. The highest BCUT2D eigenvalue weighted by molar-refractivity contribution is 6.30. The van der Waals surface area contributed by atoms with Crippen molar-refractivity contribution in [3.8, 4) is 0 Å². The first-order valence-corrected chi connectivity index (χ1v) is 7.59. The number of imidazole rings is 1. The van der Waals surface area contributed by atoms with Crippen LogP contribution in [0.2, 0.25) is 5.02 Å². The second-order valence-electron chi connectivity index (χ2n) is 5.30. The van der Waals surface area contributed by atoms with Gasteiger partial charge in [-0.05, 0) is 27.6 Å². The fourth-order valence-corrected chi connectivity index (χ4v) is 2.38. The van der Waals surface area contributed by atoms with Gasteiger partial charge in [-0.3, -0.25) is 14.2 Å². The molecule has 0 bridgehead atoms. The molecule has 2 N–H and O–H groups in total. The largest absolute Gasteiger partial charge is 0.481 e. The molecule has 9 nitrogen and oxygen atoms in total. The van der Waals surface area contributed by atoms with E-state index >= 15 is 0 Å². The highest BCUT2D eigenvalue weighted by Gasteiger charge is 2.21. The third-order valence-electron chi connectivity index (χ3n) is 3.45. The molecule has 10 heteroatoms. The van der Waals surface area contributed by atoms with Gasteiger partial charge in [0.2, 0.25) is 11.7 Å². The predicted octanol–water partition coefficient (Wildman–Crippen LogP) is 2.09. The topological polar surface area (TPSA) is 127 Å². The number of aromatic nitrogens is 2. The molecular weight excluding hydrogens is 352 g/mol. The van der Waals surface area contributed by atoms with Gasteiger partial charge in [0.25, 0.3) is 0 Å². The van der Waals surface area contributed by atoms with Crippen LogP contribution in [0.25, 0.3) is 0 Å². The minimum absolute atomic E-state index is 0.212. The zero-order chi connectivity index (χ0) is 18.6. The van der Waals surface area contributed by atoms with Crippen LogP contribution in [0.3, 0.4) is 0 Å². The second kappa shape index (κ2) is 7.75. The fourth-order valence-electron chi connectivity index (χ4n) is 2.26. The van der Waals surface area contributed by atoms with E-state index in [2.05, 4.69) is 10.3 Å². The molecule has 0 unspecified atom stereocenters. The maximum absolute atomic E-state index is 12.2. The summed E-state index contributed by atoms with van der Waals surface area (Å²) in [5.41, 5.74) is 0.591. The van der Waals surface area contributed by atoms with Crippen LogP contribution in [0, 0.1) is 17.0 Å². The van der Waals surface area contributed by atoms with Gasteiger partial charge in [-0.25, -0.2) is 0 Å². The lowest BCUT2D eigenvalue weighted by atomic mass is 10.0. The number of hydrogen-bond acceptors (Lipinski definition) is 5. The number of aryl methyl sites for hydroxylation is 1. The van der Waals surface area contributed by atoms with Crippen molar-refractivity contribution < 1.29 is 19.6 Å². The Morgan fingerprint density at radius 3 is 2.56 bits per heavy atom. The van der Waals surface area contributed by atoms with E-state index in [4.69, 9.17) is 16.7 Å². The van der Waals surface area contributed by atoms with Gasteiger partial charge in [0.05, 0.1) is 12.5 Å². The summed E-state index contributed by atoms with van der Waals surface area (Å²) >= 11 is 5.81. The molecule has 2 aromatic rings. The smallest absolute Gasteiger partial charge is 0.381 e. The summed E-state index contributed by atoms with van der Waals surface area (Å²) in [6, 6.07) is 5.70. The number of carboxylic acid groups (broad SMARTS) is 1. The third-order valence-corrected chi connectivity index (χ3v) is 3.70. The number of carbonyl (C=O) groups is 2. The molecule has 0 radical (unpaired) electrons. The Morgan fingerprint density at radius 1 is 1.40 bits per heavy atom. The summed E-state index contributed by atoms with van der Waals surface area (Å²) in [5.74, 6) is -1.61. The molecule has 132 valence electrons. The van der Waals surface area contributed by atoms with Gasteiger partial charge in [-0.1, -0.05) is 23.7 Å². The number of carboxylic acids is 1. The molecule has 0 saturated heterocycles. The number of amides is 1. The van der Waals surface area contributed by atoms with Gasteiger partial charge in [-0.2, -0.15) is 0 Å². The molecule has 2 rings (SSSR count). The molecule has 1 heterocycles. The standard InChI is InChI=1S/C15H15ClN4O5/c1-9-17-13(20(24)25)7-19(9)8-14(21)18-12(6-15(22)23)10-2-4-11(16)5-3-10/h2-5,7,12H,6,8H2,1H3,(H,18,21)(H,22,23)/t12-/m0/s1. The molecule has 25 heavy (non-hydrogen) atoms. The van der Waals surface area contributed by atoms with Crippen LogP contribution in [0.4, 0.5) is 5.82 Å². The van der Waals surface area contributed by atoms with Crippen molar-refractivity contribution in [2.45, 2.75) is 25.9 Å². The zero-order valence-corrected chi connectivity index (χ0v) is 13.9. The van der Waals surface area contributed by atoms with Crippen molar-refractivity contribution >= 4 is 29.3 Å². The summed E-state index contributed by atoms with van der Waals surface area (Å²) in [7, 11) is 0. The van der Waals surface area contributed by atoms with Crippen LogP contribution >= 0.6 is 11.6 Å². The first kappa shape index (κ1) is 18.4. The minimum Gasteiger partial charge on any atom is -0.481 e. The number of aliphatic carboxylic acids is 1. The lowest BCUT2D eigenvalue weighted by Crippen LogP contribution is -2.33. The number of benzene rings is 1. The average molecular weight is 367 g/mol. The maximum Gasteiger partial charge on any atom is 0.381 e.